The molecule has 6 aromatic rings. The maximum absolute atomic E-state index is 13.4. The number of pyridine rings is 2. The summed E-state index contributed by atoms with van der Waals surface area (Å²) in [5.74, 6) is 0. The minimum atomic E-state index is -0.623. The van der Waals surface area contributed by atoms with Gasteiger partial charge in [-0.1, -0.05) is 24.3 Å². The van der Waals surface area contributed by atoms with Gasteiger partial charge in [0.15, 0.2) is 0 Å². The number of rotatable bonds is 3. The third kappa shape index (κ3) is 3.29. The smallest absolute Gasteiger partial charge is 0.306 e. The Hall–Kier alpha value is -4.76. The molecule has 0 unspecified atom stereocenters. The monoisotopic (exact) mass is 469 g/mol. The van der Waals surface area contributed by atoms with Crippen molar-refractivity contribution in [3.63, 3.8) is 0 Å². The fourth-order valence-corrected chi connectivity index (χ4v) is 4.73. The second-order valence-electron chi connectivity index (χ2n) is 9.54. The first-order valence-corrected chi connectivity index (χ1v) is 11.7. The van der Waals surface area contributed by atoms with Crippen molar-refractivity contribution >= 4 is 32.8 Å². The molecule has 3 aromatic heterocycles. The molecular weight excluding hydrogens is 446 g/mol. The molecule has 6 heteroatoms. The molecule has 6 rings (SSSR count). The van der Waals surface area contributed by atoms with Crippen molar-refractivity contribution < 1.29 is 0 Å². The van der Waals surface area contributed by atoms with Crippen LogP contribution in [-0.4, -0.2) is 19.1 Å². The summed E-state index contributed by atoms with van der Waals surface area (Å²) >= 11 is 0. The second kappa shape index (κ2) is 7.89. The Morgan fingerprint density at radius 3 is 2.39 bits per heavy atom. The van der Waals surface area contributed by atoms with Crippen LogP contribution >= 0.6 is 0 Å². The summed E-state index contributed by atoms with van der Waals surface area (Å²) in [4.78, 5) is 26.4. The van der Waals surface area contributed by atoms with Gasteiger partial charge in [-0.2, -0.15) is 0 Å². The van der Waals surface area contributed by atoms with E-state index in [1.165, 1.54) is 0 Å². The molecule has 0 atom stereocenters. The van der Waals surface area contributed by atoms with Gasteiger partial charge in [0, 0.05) is 49.0 Å². The van der Waals surface area contributed by atoms with E-state index in [1.54, 1.807) is 22.4 Å². The van der Waals surface area contributed by atoms with E-state index in [4.69, 9.17) is 6.57 Å². The summed E-state index contributed by atoms with van der Waals surface area (Å²) in [6.45, 7) is 11.3. The lowest BCUT2D eigenvalue weighted by Crippen LogP contribution is -2.21. The zero-order valence-corrected chi connectivity index (χ0v) is 20.2. The third-order valence-corrected chi connectivity index (χ3v) is 6.92. The number of hydrogen-bond donors (Lipinski definition) is 0. The number of hydrogen-bond acceptors (Lipinski definition) is 3. The van der Waals surface area contributed by atoms with Gasteiger partial charge in [-0.3, -0.25) is 19.1 Å². The fourth-order valence-electron chi connectivity index (χ4n) is 4.73. The van der Waals surface area contributed by atoms with Crippen LogP contribution in [0, 0.1) is 6.57 Å². The van der Waals surface area contributed by atoms with Gasteiger partial charge >= 0.3 is 5.69 Å². The molecule has 36 heavy (non-hydrogen) atoms. The molecule has 6 nitrogen and oxygen atoms in total. The van der Waals surface area contributed by atoms with Gasteiger partial charge in [-0.25, -0.2) is 11.4 Å². The molecule has 0 saturated heterocycles. The molecule has 0 radical (unpaired) electrons. The summed E-state index contributed by atoms with van der Waals surface area (Å²) < 4.78 is 3.36. The Bertz CT molecular complexity index is 1900. The molecule has 3 aromatic carbocycles. The topological polar surface area (TPSA) is 57.1 Å². The van der Waals surface area contributed by atoms with Crippen molar-refractivity contribution in [2.24, 2.45) is 7.05 Å². The normalized spacial score (nSPS) is 11.8. The number of imidazole rings is 1. The molecule has 0 aliphatic rings. The fraction of sp³-hybridized carbons (Fsp3) is 0.133. The van der Waals surface area contributed by atoms with E-state index in [2.05, 4.69) is 33.0 Å². The van der Waals surface area contributed by atoms with Gasteiger partial charge in [-0.05, 0) is 54.1 Å². The minimum Gasteiger partial charge on any atom is -0.306 e. The van der Waals surface area contributed by atoms with Crippen LogP contribution in [0.15, 0.2) is 90.0 Å². The Morgan fingerprint density at radius 2 is 1.61 bits per heavy atom. The lowest BCUT2D eigenvalue weighted by atomic mass is 9.95. The first-order valence-electron chi connectivity index (χ1n) is 11.7. The minimum absolute atomic E-state index is 0.144. The number of para-hydroxylation sites is 1. The van der Waals surface area contributed by atoms with Crippen molar-refractivity contribution in [3.8, 4) is 16.8 Å². The second-order valence-corrected chi connectivity index (χ2v) is 9.54. The molecule has 0 aliphatic carbocycles. The highest BCUT2D eigenvalue weighted by molar-refractivity contribution is 6.04. The predicted molar refractivity (Wildman–Crippen MR) is 144 cm³/mol. The molecule has 174 valence electrons. The van der Waals surface area contributed by atoms with Crippen molar-refractivity contribution in [2.45, 2.75) is 19.4 Å². The first-order chi connectivity index (χ1) is 17.4. The summed E-state index contributed by atoms with van der Waals surface area (Å²) in [6, 6.07) is 24.0. The first kappa shape index (κ1) is 21.8. The molecule has 0 amide bonds. The lowest BCUT2D eigenvalue weighted by Gasteiger charge is -2.13. The van der Waals surface area contributed by atoms with Gasteiger partial charge in [-0.15, -0.1) is 0 Å². The molecule has 0 aliphatic heterocycles. The molecule has 0 saturated carbocycles. The zero-order valence-electron chi connectivity index (χ0n) is 20.2. The summed E-state index contributed by atoms with van der Waals surface area (Å²) in [5.41, 5.74) is 6.23. The summed E-state index contributed by atoms with van der Waals surface area (Å²) in [6.07, 6.45) is 3.64. The Kier molecular flexibility index (Phi) is 4.77. The highest BCUT2D eigenvalue weighted by atomic mass is 16.1. The van der Waals surface area contributed by atoms with Crippen LogP contribution < -0.4 is 5.69 Å². The van der Waals surface area contributed by atoms with E-state index >= 15 is 0 Å². The van der Waals surface area contributed by atoms with Gasteiger partial charge in [0.1, 0.15) is 0 Å². The standard InChI is InChI=1S/C30H23N5O/c1-30(2,31-3)22-10-12-23(13-11-22)35-28-24-16-19(21-15-20-7-5-6-8-25(20)32-17-21)9-14-26(24)33-18-27(28)34(4)29(35)36/h5-18H,1-2,4H3. The maximum atomic E-state index is 13.4. The molecular formula is C30H23N5O. The number of benzene rings is 3. The zero-order chi connectivity index (χ0) is 25.0. The average Bonchev–Trinajstić information content (AvgIpc) is 3.18. The average molecular weight is 470 g/mol. The Balaban J connectivity index is 1.59. The van der Waals surface area contributed by atoms with E-state index in [-0.39, 0.29) is 5.69 Å². The number of nitrogens with zero attached hydrogens (tertiary/aromatic N) is 5. The van der Waals surface area contributed by atoms with Gasteiger partial charge < -0.3 is 4.85 Å². The van der Waals surface area contributed by atoms with Crippen LogP contribution in [0.1, 0.15) is 19.4 Å². The van der Waals surface area contributed by atoms with E-state index < -0.39 is 5.54 Å². The summed E-state index contributed by atoms with van der Waals surface area (Å²) in [7, 11) is 1.77. The molecule has 0 fully saturated rings. The lowest BCUT2D eigenvalue weighted by molar-refractivity contribution is 0.663. The largest absolute Gasteiger partial charge is 0.333 e. The quantitative estimate of drug-likeness (QED) is 0.288. The summed E-state index contributed by atoms with van der Waals surface area (Å²) in [5, 5.41) is 1.96. The van der Waals surface area contributed by atoms with E-state index in [0.717, 1.165) is 55.2 Å². The Labute approximate surface area is 207 Å². The van der Waals surface area contributed by atoms with Crippen molar-refractivity contribution in [3.05, 3.63) is 113 Å². The van der Waals surface area contributed by atoms with Crippen LogP contribution in [0.4, 0.5) is 0 Å². The van der Waals surface area contributed by atoms with Crippen LogP contribution in [0.3, 0.4) is 0 Å². The van der Waals surface area contributed by atoms with Gasteiger partial charge in [0.25, 0.3) is 5.54 Å². The van der Waals surface area contributed by atoms with Gasteiger partial charge in [0.2, 0.25) is 0 Å². The third-order valence-electron chi connectivity index (χ3n) is 6.92. The number of aromatic nitrogens is 4. The number of fused-ring (bicyclic) bond motifs is 4. The van der Waals surface area contributed by atoms with E-state index in [0.29, 0.717) is 0 Å². The maximum Gasteiger partial charge on any atom is 0.333 e. The predicted octanol–water partition coefficient (Wildman–Crippen LogP) is 6.25. The van der Waals surface area contributed by atoms with Crippen LogP contribution in [-0.2, 0) is 12.6 Å². The van der Waals surface area contributed by atoms with Crippen molar-refractivity contribution in [1.29, 1.82) is 0 Å². The SMILES string of the molecule is [C-]#[N+]C(C)(C)c1ccc(-n2c(=O)n(C)c3cnc4ccc(-c5cnc6ccccc6c5)cc4c32)cc1. The van der Waals surface area contributed by atoms with Crippen molar-refractivity contribution in [1.82, 2.24) is 19.1 Å². The van der Waals surface area contributed by atoms with Crippen molar-refractivity contribution in [2.75, 3.05) is 0 Å². The molecule has 0 spiro atoms. The van der Waals surface area contributed by atoms with E-state index in [9.17, 15) is 4.79 Å². The van der Waals surface area contributed by atoms with Crippen LogP contribution in [0.5, 0.6) is 0 Å². The van der Waals surface area contributed by atoms with Crippen LogP contribution in [0.2, 0.25) is 0 Å². The highest BCUT2D eigenvalue weighted by Crippen LogP contribution is 2.31. The molecule has 0 bridgehead atoms. The molecule has 3 heterocycles. The van der Waals surface area contributed by atoms with Crippen LogP contribution in [0.25, 0.3) is 54.5 Å². The van der Waals surface area contributed by atoms with E-state index in [1.807, 2.05) is 74.6 Å². The highest BCUT2D eigenvalue weighted by Gasteiger charge is 2.26. The molecule has 0 N–H and O–H groups in total. The number of aryl methyl sites for hydroxylation is 1. The van der Waals surface area contributed by atoms with Gasteiger partial charge in [0.05, 0.1) is 34.0 Å². The Morgan fingerprint density at radius 1 is 0.861 bits per heavy atom.